The molecule has 0 aliphatic carbocycles. The number of methoxy groups -OCH3 is 2. The Balaban J connectivity index is 0.000000252. The number of halogens is 4. The predicted molar refractivity (Wildman–Crippen MR) is 331 cm³/mol. The van der Waals surface area contributed by atoms with Gasteiger partial charge in [0.2, 0.25) is 5.91 Å². The highest BCUT2D eigenvalue weighted by Gasteiger charge is 2.25. The van der Waals surface area contributed by atoms with Gasteiger partial charge in [-0.15, -0.1) is 0 Å². The van der Waals surface area contributed by atoms with Crippen LogP contribution in [-0.4, -0.2) is 85.5 Å². The van der Waals surface area contributed by atoms with Crippen LogP contribution in [0.4, 0.5) is 24.5 Å². The largest absolute Gasteiger partial charge is 0.497 e. The van der Waals surface area contributed by atoms with Gasteiger partial charge in [0.15, 0.2) is 6.04 Å². The van der Waals surface area contributed by atoms with E-state index in [2.05, 4.69) is 26.6 Å². The van der Waals surface area contributed by atoms with Crippen LogP contribution in [0.1, 0.15) is 82.6 Å². The van der Waals surface area contributed by atoms with E-state index in [-0.39, 0.29) is 11.8 Å². The van der Waals surface area contributed by atoms with Gasteiger partial charge in [-0.05, 0) is 164 Å². The Bertz CT molecular complexity index is 3470. The lowest BCUT2D eigenvalue weighted by molar-refractivity contribution is -0.140. The van der Waals surface area contributed by atoms with Crippen molar-refractivity contribution in [3.05, 3.63) is 262 Å². The zero-order valence-electron chi connectivity index (χ0n) is 48.4. The summed E-state index contributed by atoms with van der Waals surface area (Å²) in [5, 5.41) is 31.7. The molecular formula is C66H69ClF3N7O10. The first-order valence-corrected chi connectivity index (χ1v) is 27.2. The minimum Gasteiger partial charge on any atom is -0.497 e. The van der Waals surface area contributed by atoms with Gasteiger partial charge in [-0.3, -0.25) is 24.0 Å². The van der Waals surface area contributed by atoms with Crippen LogP contribution < -0.4 is 47.5 Å². The number of carbonyl (C=O) groups excluding carboxylic acids is 4. The third-order valence-electron chi connectivity index (χ3n) is 12.2. The van der Waals surface area contributed by atoms with Crippen LogP contribution in [0.5, 0.6) is 11.5 Å². The summed E-state index contributed by atoms with van der Waals surface area (Å²) in [6.45, 7) is 7.91. The lowest BCUT2D eigenvalue weighted by Gasteiger charge is -2.19. The lowest BCUT2D eigenvalue weighted by atomic mass is 10.0. The van der Waals surface area contributed by atoms with E-state index in [0.29, 0.717) is 53.0 Å². The van der Waals surface area contributed by atoms with Crippen molar-refractivity contribution in [1.29, 1.82) is 0 Å². The third-order valence-corrected chi connectivity index (χ3v) is 12.4. The molecule has 8 rings (SSSR count). The molecule has 0 radical (unpaired) electrons. The molecule has 0 aromatic heterocycles. The quantitative estimate of drug-likeness (QED) is 0.0254. The van der Waals surface area contributed by atoms with Gasteiger partial charge in [0.1, 0.15) is 41.0 Å². The van der Waals surface area contributed by atoms with Gasteiger partial charge in [-0.1, -0.05) is 95.6 Å². The Morgan fingerprint density at radius 3 is 1.21 bits per heavy atom. The van der Waals surface area contributed by atoms with Gasteiger partial charge in [-0.2, -0.15) is 0 Å². The number of benzene rings is 8. The number of ether oxygens (including phenoxy) is 2. The molecule has 0 saturated heterocycles. The molecule has 0 spiro atoms. The number of aryl methyl sites for hydroxylation is 3. The molecule has 3 atom stereocenters. The third kappa shape index (κ3) is 25.0. The molecule has 0 bridgehead atoms. The predicted octanol–water partition coefficient (Wildman–Crippen LogP) is 10.9. The van der Waals surface area contributed by atoms with Gasteiger partial charge in [0.25, 0.3) is 17.1 Å². The summed E-state index contributed by atoms with van der Waals surface area (Å²) in [6, 6.07) is 48.6. The van der Waals surface area contributed by atoms with Crippen molar-refractivity contribution >= 4 is 57.9 Å². The Hall–Kier alpha value is -10.0. The van der Waals surface area contributed by atoms with Crippen LogP contribution in [0.3, 0.4) is 0 Å². The molecule has 17 nitrogen and oxygen atoms in total. The fourth-order valence-corrected chi connectivity index (χ4v) is 7.73. The molecule has 0 heterocycles. The number of carboxylic acid groups (broad SMARTS) is 2. The minimum absolute atomic E-state index is 0.310. The summed E-state index contributed by atoms with van der Waals surface area (Å²) in [5.74, 6) is -3.24. The lowest BCUT2D eigenvalue weighted by Crippen LogP contribution is -2.41. The van der Waals surface area contributed by atoms with Gasteiger partial charge < -0.3 is 57.7 Å². The summed E-state index contributed by atoms with van der Waals surface area (Å²) in [6.07, 6.45) is 0. The van der Waals surface area contributed by atoms with E-state index in [1.165, 1.54) is 60.7 Å². The molecule has 8 aromatic rings. The van der Waals surface area contributed by atoms with Crippen LogP contribution in [-0.2, 0) is 14.4 Å². The molecule has 0 aliphatic heterocycles. The second kappa shape index (κ2) is 36.6. The zero-order valence-corrected chi connectivity index (χ0v) is 49.1. The topological polar surface area (TPSA) is 274 Å². The Kier molecular flexibility index (Phi) is 29.3. The average Bonchev–Trinajstić information content (AvgIpc) is 3.68. The van der Waals surface area contributed by atoms with Crippen molar-refractivity contribution in [2.75, 3.05) is 51.0 Å². The van der Waals surface area contributed by atoms with E-state index in [4.69, 9.17) is 37.6 Å². The SMILES string of the molecule is COc1ccc(NCCN)cc1.COc1ccc(NCCNC(=O)C(NC(=O)c2cccc(C)c2)c2ccc(F)cc2)cc1.Cc1cccc(C(=O)Cl)c1.Cc1cccc(C(=O)NC(C(=O)O)c2ccc(F)cc2)c1.NC(C(=O)O)c1ccc(F)cc1. The Labute approximate surface area is 507 Å². The van der Waals surface area contributed by atoms with Gasteiger partial charge in [0, 0.05) is 54.2 Å². The number of carboxylic acids is 2. The van der Waals surface area contributed by atoms with Crippen LogP contribution in [0, 0.1) is 38.2 Å². The maximum absolute atomic E-state index is 13.4. The molecule has 3 unspecified atom stereocenters. The molecule has 456 valence electrons. The van der Waals surface area contributed by atoms with Crippen molar-refractivity contribution < 1.29 is 61.6 Å². The molecule has 0 saturated carbocycles. The smallest absolute Gasteiger partial charge is 0.330 e. The number of hydrogen-bond acceptors (Lipinski definition) is 12. The number of anilines is 2. The van der Waals surface area contributed by atoms with Crippen molar-refractivity contribution in [2.24, 2.45) is 11.5 Å². The maximum Gasteiger partial charge on any atom is 0.330 e. The van der Waals surface area contributed by atoms with E-state index in [9.17, 15) is 47.0 Å². The minimum atomic E-state index is -1.22. The Morgan fingerprint density at radius 2 is 0.851 bits per heavy atom. The first-order chi connectivity index (χ1) is 41.6. The van der Waals surface area contributed by atoms with E-state index < -0.39 is 58.7 Å². The fourth-order valence-electron chi connectivity index (χ4n) is 7.61. The first-order valence-electron chi connectivity index (χ1n) is 26.8. The van der Waals surface area contributed by atoms with E-state index in [0.717, 1.165) is 58.2 Å². The molecule has 87 heavy (non-hydrogen) atoms. The normalized spacial score (nSPS) is 11.1. The number of rotatable bonds is 20. The number of nitrogens with one attached hydrogen (secondary N) is 5. The van der Waals surface area contributed by atoms with E-state index in [1.807, 2.05) is 93.6 Å². The highest BCUT2D eigenvalue weighted by Crippen LogP contribution is 2.20. The second-order valence-corrected chi connectivity index (χ2v) is 19.2. The van der Waals surface area contributed by atoms with Crippen molar-refractivity contribution in [3.8, 4) is 11.5 Å². The van der Waals surface area contributed by atoms with E-state index >= 15 is 0 Å². The van der Waals surface area contributed by atoms with Crippen molar-refractivity contribution in [1.82, 2.24) is 16.0 Å². The maximum atomic E-state index is 13.4. The summed E-state index contributed by atoms with van der Waals surface area (Å²) in [5.41, 5.74) is 18.0. The van der Waals surface area contributed by atoms with Gasteiger partial charge in [0.05, 0.1) is 14.2 Å². The number of hydrogen-bond donors (Lipinski definition) is 9. The highest BCUT2D eigenvalue weighted by molar-refractivity contribution is 6.67. The summed E-state index contributed by atoms with van der Waals surface area (Å²) < 4.78 is 48.8. The first kappa shape index (κ1) is 69.5. The van der Waals surface area contributed by atoms with E-state index in [1.54, 1.807) is 62.8 Å². The molecular weight excluding hydrogens is 1140 g/mol. The number of aliphatic carboxylic acids is 2. The molecule has 21 heteroatoms. The van der Waals surface area contributed by atoms with Gasteiger partial charge >= 0.3 is 11.9 Å². The van der Waals surface area contributed by atoms with Crippen molar-refractivity contribution in [2.45, 2.75) is 38.9 Å². The molecule has 3 amide bonds. The zero-order chi connectivity index (χ0) is 63.8. The summed E-state index contributed by atoms with van der Waals surface area (Å²) in [4.78, 5) is 70.0. The standard InChI is InChI=1S/C25H26FN3O3.C16H14FNO3.C9H14N2O.C8H7ClO.C8H8FNO2/c1-17-4-3-5-19(16-17)24(30)29-23(18-6-8-20(26)9-7-18)25(31)28-15-14-27-21-10-12-22(32-2)13-11-21;1-10-3-2-4-12(9-10)15(19)18-14(16(20)21)11-5-7-13(17)8-6-11;1-12-9-4-2-8(3-5-9)11-7-6-10;1-6-3-2-4-7(5-6)8(9)10;9-6-3-1-5(2-4-6)7(10)8(11)12/h3-13,16,23,27H,14-15H2,1-2H3,(H,28,31)(H,29,30);2-9,14H,1H3,(H,18,19)(H,20,21);2-5,11H,6-7,10H2,1H3;2-5H,1H3;1-4,7H,10H2,(H,11,12). The summed E-state index contributed by atoms with van der Waals surface area (Å²) in [7, 11) is 3.26. The molecule has 11 N–H and O–H groups in total. The second-order valence-electron chi connectivity index (χ2n) is 18.9. The molecule has 0 fully saturated rings. The molecule has 8 aromatic carbocycles. The number of amides is 3. The number of nitrogens with two attached hydrogens (primary N) is 2. The van der Waals surface area contributed by atoms with Crippen LogP contribution in [0.25, 0.3) is 0 Å². The highest BCUT2D eigenvalue weighted by atomic mass is 35.5. The van der Waals surface area contributed by atoms with Crippen LogP contribution in [0.15, 0.2) is 194 Å². The molecule has 0 aliphatic rings. The Morgan fingerprint density at radius 1 is 0.483 bits per heavy atom. The summed E-state index contributed by atoms with van der Waals surface area (Å²) >= 11 is 5.24. The van der Waals surface area contributed by atoms with Gasteiger partial charge in [-0.25, -0.2) is 18.0 Å². The fraction of sp³-hybridized carbons (Fsp3) is 0.182. The van der Waals surface area contributed by atoms with Crippen molar-refractivity contribution in [3.63, 3.8) is 0 Å². The monoisotopic (exact) mass is 1210 g/mol. The number of carbonyl (C=O) groups is 6. The van der Waals surface area contributed by atoms with Crippen LogP contribution >= 0.6 is 11.6 Å². The average molecular weight is 1210 g/mol. The van der Waals surface area contributed by atoms with Crippen LogP contribution in [0.2, 0.25) is 0 Å².